The number of methoxy groups -OCH3 is 1. The highest BCUT2D eigenvalue weighted by Crippen LogP contribution is 2.27. The van der Waals surface area contributed by atoms with Gasteiger partial charge in [0.25, 0.3) is 11.6 Å². The molecule has 0 fully saturated rings. The van der Waals surface area contributed by atoms with E-state index in [0.29, 0.717) is 12.3 Å². The van der Waals surface area contributed by atoms with E-state index in [0.717, 1.165) is 11.6 Å². The van der Waals surface area contributed by atoms with Crippen molar-refractivity contribution in [2.24, 2.45) is 0 Å². The van der Waals surface area contributed by atoms with E-state index in [1.54, 1.807) is 19.2 Å². The lowest BCUT2D eigenvalue weighted by molar-refractivity contribution is -0.384. The highest BCUT2D eigenvalue weighted by molar-refractivity contribution is 6.32. The van der Waals surface area contributed by atoms with Gasteiger partial charge in [0.05, 0.1) is 12.0 Å². The molecule has 0 heterocycles. The summed E-state index contributed by atoms with van der Waals surface area (Å²) in [6.45, 7) is 0.342. The minimum atomic E-state index is -0.707. The Hall–Kier alpha value is -3.57. The van der Waals surface area contributed by atoms with Crippen molar-refractivity contribution in [1.82, 2.24) is 5.32 Å². The maximum atomic E-state index is 12.2. The van der Waals surface area contributed by atoms with E-state index in [1.807, 2.05) is 18.2 Å². The molecule has 2 rings (SSSR count). The van der Waals surface area contributed by atoms with Crippen LogP contribution in [0.1, 0.15) is 5.56 Å². The number of ether oxygens (including phenoxy) is 1. The average Bonchev–Trinajstić information content (AvgIpc) is 2.66. The van der Waals surface area contributed by atoms with Crippen LogP contribution in [0.5, 0.6) is 5.75 Å². The molecule has 0 saturated carbocycles. The van der Waals surface area contributed by atoms with Gasteiger partial charge in [0.1, 0.15) is 22.4 Å². The first-order chi connectivity index (χ1) is 13.0. The minimum absolute atomic E-state index is 0.0486. The second kappa shape index (κ2) is 9.22. The molecule has 8 nitrogen and oxygen atoms in total. The molecule has 0 saturated heterocycles. The summed E-state index contributed by atoms with van der Waals surface area (Å²) in [5.41, 5.74) is 0.470. The Morgan fingerprint density at radius 1 is 1.37 bits per heavy atom. The number of para-hydroxylation sites is 1. The molecule has 1 amide bonds. The van der Waals surface area contributed by atoms with Gasteiger partial charge >= 0.3 is 0 Å². The van der Waals surface area contributed by atoms with E-state index in [2.05, 4.69) is 10.6 Å². The second-order valence-corrected chi connectivity index (χ2v) is 5.65. The molecule has 0 spiro atoms. The molecule has 2 aromatic carbocycles. The summed E-state index contributed by atoms with van der Waals surface area (Å²) in [6, 6.07) is 12.9. The number of nitrogens with one attached hydrogen (secondary N) is 2. The Morgan fingerprint density at radius 2 is 2.11 bits per heavy atom. The Labute approximate surface area is 160 Å². The quantitative estimate of drug-likeness (QED) is 0.326. The fraction of sp³-hybridized carbons (Fsp3) is 0.111. The molecule has 2 aromatic rings. The normalized spacial score (nSPS) is 10.6. The first-order valence-electron chi connectivity index (χ1n) is 7.67. The Kier molecular flexibility index (Phi) is 6.74. The number of nitro benzene ring substituents is 1. The van der Waals surface area contributed by atoms with Crippen LogP contribution in [0, 0.1) is 21.4 Å². The van der Waals surface area contributed by atoms with Gasteiger partial charge in [-0.3, -0.25) is 14.9 Å². The molecular formula is C18H15ClN4O4. The number of halogens is 1. The first-order valence-corrected chi connectivity index (χ1v) is 8.05. The molecule has 27 heavy (non-hydrogen) atoms. The lowest BCUT2D eigenvalue weighted by atomic mass is 10.2. The van der Waals surface area contributed by atoms with E-state index in [-0.39, 0.29) is 22.0 Å². The summed E-state index contributed by atoms with van der Waals surface area (Å²) in [7, 11) is 1.55. The molecular weight excluding hydrogens is 372 g/mol. The molecule has 138 valence electrons. The number of hydrogen-bond donors (Lipinski definition) is 2. The van der Waals surface area contributed by atoms with Crippen molar-refractivity contribution in [1.29, 1.82) is 5.26 Å². The van der Waals surface area contributed by atoms with Crippen molar-refractivity contribution in [3.63, 3.8) is 0 Å². The van der Waals surface area contributed by atoms with Gasteiger partial charge in [-0.15, -0.1) is 0 Å². The number of nitro groups is 1. The molecule has 0 aromatic heterocycles. The number of benzene rings is 2. The van der Waals surface area contributed by atoms with Crippen molar-refractivity contribution >= 4 is 28.9 Å². The molecule has 0 atom stereocenters. The molecule has 0 aliphatic heterocycles. The van der Waals surface area contributed by atoms with Crippen LogP contribution < -0.4 is 15.4 Å². The van der Waals surface area contributed by atoms with Gasteiger partial charge in [0.2, 0.25) is 0 Å². The number of carbonyl (C=O) groups excluding carboxylic acids is 1. The van der Waals surface area contributed by atoms with Crippen molar-refractivity contribution in [2.45, 2.75) is 6.54 Å². The smallest absolute Gasteiger partial charge is 0.289 e. The second-order valence-electron chi connectivity index (χ2n) is 5.24. The SMILES string of the molecule is COc1ccccc1CN/C=C(/C#N)C(=O)Nc1ccc(Cl)c([N+](=O)[O-])c1. The highest BCUT2D eigenvalue weighted by atomic mass is 35.5. The molecule has 9 heteroatoms. The molecule has 0 radical (unpaired) electrons. The standard InChI is InChI=1S/C18H15ClN4O4/c1-27-17-5-3-2-4-12(17)10-21-11-13(9-20)18(24)22-14-6-7-15(19)16(8-14)23(25)26/h2-8,11,21H,10H2,1H3,(H,22,24)/b13-11-. The number of amides is 1. The van der Waals surface area contributed by atoms with Crippen LogP contribution in [0.3, 0.4) is 0 Å². The van der Waals surface area contributed by atoms with Crippen LogP contribution in [0.25, 0.3) is 0 Å². The highest BCUT2D eigenvalue weighted by Gasteiger charge is 2.15. The molecule has 0 bridgehead atoms. The monoisotopic (exact) mass is 386 g/mol. The first kappa shape index (κ1) is 19.8. The number of nitrogens with zero attached hydrogens (tertiary/aromatic N) is 2. The van der Waals surface area contributed by atoms with Gasteiger partial charge in [0.15, 0.2) is 0 Å². The average molecular weight is 387 g/mol. The van der Waals surface area contributed by atoms with Gasteiger partial charge in [0, 0.05) is 30.1 Å². The fourth-order valence-electron chi connectivity index (χ4n) is 2.19. The maximum absolute atomic E-state index is 12.2. The maximum Gasteiger partial charge on any atom is 0.289 e. The number of hydrogen-bond acceptors (Lipinski definition) is 6. The summed E-state index contributed by atoms with van der Waals surface area (Å²) < 4.78 is 5.22. The van der Waals surface area contributed by atoms with Crippen LogP contribution in [0.2, 0.25) is 5.02 Å². The van der Waals surface area contributed by atoms with Gasteiger partial charge in [-0.2, -0.15) is 5.26 Å². The number of anilines is 1. The van der Waals surface area contributed by atoms with Crippen LogP contribution >= 0.6 is 11.6 Å². The summed E-state index contributed by atoms with van der Waals surface area (Å²) >= 11 is 5.73. The Morgan fingerprint density at radius 3 is 2.78 bits per heavy atom. The third kappa shape index (κ3) is 5.20. The largest absolute Gasteiger partial charge is 0.496 e. The minimum Gasteiger partial charge on any atom is -0.496 e. The predicted molar refractivity (Wildman–Crippen MR) is 100 cm³/mol. The molecule has 0 aliphatic carbocycles. The van der Waals surface area contributed by atoms with E-state index >= 15 is 0 Å². The third-order valence-corrected chi connectivity index (χ3v) is 3.82. The topological polar surface area (TPSA) is 117 Å². The van der Waals surface area contributed by atoms with E-state index in [1.165, 1.54) is 18.3 Å². The van der Waals surface area contributed by atoms with Crippen molar-refractivity contribution < 1.29 is 14.5 Å². The van der Waals surface area contributed by atoms with E-state index < -0.39 is 10.8 Å². The van der Waals surface area contributed by atoms with Gasteiger partial charge < -0.3 is 15.4 Å². The zero-order chi connectivity index (χ0) is 19.8. The van der Waals surface area contributed by atoms with Crippen molar-refractivity contribution in [2.75, 3.05) is 12.4 Å². The predicted octanol–water partition coefficient (Wildman–Crippen LogP) is 3.39. The molecule has 0 aliphatic rings. The van der Waals surface area contributed by atoms with Crippen LogP contribution in [0.15, 0.2) is 54.2 Å². The van der Waals surface area contributed by atoms with Crippen molar-refractivity contribution in [3.05, 3.63) is 74.9 Å². The van der Waals surface area contributed by atoms with Crippen molar-refractivity contribution in [3.8, 4) is 11.8 Å². The molecule has 2 N–H and O–H groups in total. The third-order valence-electron chi connectivity index (χ3n) is 3.50. The summed E-state index contributed by atoms with van der Waals surface area (Å²) in [4.78, 5) is 22.4. The zero-order valence-electron chi connectivity index (χ0n) is 14.2. The fourth-order valence-corrected chi connectivity index (χ4v) is 2.38. The summed E-state index contributed by atoms with van der Waals surface area (Å²) in [5, 5.41) is 25.3. The van der Waals surface area contributed by atoms with Gasteiger partial charge in [-0.25, -0.2) is 0 Å². The number of rotatable bonds is 7. The summed E-state index contributed by atoms with van der Waals surface area (Å²) in [5.74, 6) is -0.0310. The zero-order valence-corrected chi connectivity index (χ0v) is 15.0. The lowest BCUT2D eigenvalue weighted by Gasteiger charge is -2.08. The van der Waals surface area contributed by atoms with Crippen LogP contribution in [-0.4, -0.2) is 17.9 Å². The molecule has 0 unspecified atom stereocenters. The Bertz CT molecular complexity index is 937. The summed E-state index contributed by atoms with van der Waals surface area (Å²) in [6.07, 6.45) is 1.27. The van der Waals surface area contributed by atoms with Crippen LogP contribution in [-0.2, 0) is 11.3 Å². The van der Waals surface area contributed by atoms with Gasteiger partial charge in [-0.05, 0) is 18.2 Å². The number of nitriles is 1. The van der Waals surface area contributed by atoms with Gasteiger partial charge in [-0.1, -0.05) is 29.8 Å². The number of carbonyl (C=O) groups is 1. The van der Waals surface area contributed by atoms with Crippen LogP contribution in [0.4, 0.5) is 11.4 Å². The lowest BCUT2D eigenvalue weighted by Crippen LogP contribution is -2.17. The Balaban J connectivity index is 2.07. The van der Waals surface area contributed by atoms with E-state index in [4.69, 9.17) is 16.3 Å². The van der Waals surface area contributed by atoms with E-state index in [9.17, 15) is 20.2 Å².